The third kappa shape index (κ3) is 2.12. The number of benzene rings is 1. The van der Waals surface area contributed by atoms with Crippen molar-refractivity contribution in [1.29, 1.82) is 0 Å². The van der Waals surface area contributed by atoms with E-state index in [2.05, 4.69) is 15.6 Å². The van der Waals surface area contributed by atoms with Crippen molar-refractivity contribution in [3.05, 3.63) is 46.5 Å². The van der Waals surface area contributed by atoms with Crippen molar-refractivity contribution >= 4 is 5.78 Å². The Kier molecular flexibility index (Phi) is 3.10. The normalized spacial score (nSPS) is 15.2. The van der Waals surface area contributed by atoms with Crippen molar-refractivity contribution in [3.63, 3.8) is 0 Å². The number of aromatic nitrogens is 3. The van der Waals surface area contributed by atoms with Crippen LogP contribution in [0.15, 0.2) is 18.3 Å². The summed E-state index contributed by atoms with van der Waals surface area (Å²) >= 11 is 0. The molecule has 6 heteroatoms. The lowest BCUT2D eigenvalue weighted by atomic mass is 10.00. The minimum Gasteiger partial charge on any atom is -0.312 e. The Labute approximate surface area is 115 Å². The third-order valence-corrected chi connectivity index (χ3v) is 3.54. The van der Waals surface area contributed by atoms with Crippen LogP contribution in [0.3, 0.4) is 0 Å². The van der Waals surface area contributed by atoms with Crippen LogP contribution < -0.4 is 5.32 Å². The summed E-state index contributed by atoms with van der Waals surface area (Å²) in [6, 6.07) is 3.38. The summed E-state index contributed by atoms with van der Waals surface area (Å²) in [6.45, 7) is 5.15. The van der Waals surface area contributed by atoms with E-state index in [1.54, 1.807) is 30.8 Å². The highest BCUT2D eigenvalue weighted by Crippen LogP contribution is 2.19. The first-order chi connectivity index (χ1) is 9.56. The summed E-state index contributed by atoms with van der Waals surface area (Å²) in [7, 11) is 0. The number of ketones is 1. The van der Waals surface area contributed by atoms with E-state index in [1.807, 2.05) is 0 Å². The summed E-state index contributed by atoms with van der Waals surface area (Å²) in [4.78, 5) is 12.4. The van der Waals surface area contributed by atoms with Gasteiger partial charge in [0.05, 0.1) is 17.8 Å². The second kappa shape index (κ2) is 4.79. The Bertz CT molecular complexity index is 653. The number of nitrogens with zero attached hydrogens (tertiary/aromatic N) is 3. The van der Waals surface area contributed by atoms with Gasteiger partial charge in [0.25, 0.3) is 0 Å². The first-order valence-electron chi connectivity index (χ1n) is 6.50. The topological polar surface area (TPSA) is 59.8 Å². The molecule has 0 radical (unpaired) electrons. The molecular weight excluding hydrogens is 259 g/mol. The van der Waals surface area contributed by atoms with Crippen molar-refractivity contribution in [1.82, 2.24) is 20.3 Å². The molecule has 1 aliphatic heterocycles. The highest BCUT2D eigenvalue weighted by atomic mass is 19.1. The van der Waals surface area contributed by atoms with Gasteiger partial charge >= 0.3 is 0 Å². The zero-order valence-corrected chi connectivity index (χ0v) is 11.4. The van der Waals surface area contributed by atoms with Crippen molar-refractivity contribution < 1.29 is 9.18 Å². The molecule has 1 saturated heterocycles. The SMILES string of the molecule is Cc1cc(C)c(C(=O)c2cn(C3CNC3)nn2)c(F)c1. The zero-order chi connectivity index (χ0) is 14.3. The van der Waals surface area contributed by atoms with Gasteiger partial charge in [-0.15, -0.1) is 5.10 Å². The molecule has 0 spiro atoms. The first kappa shape index (κ1) is 12.9. The Morgan fingerprint density at radius 2 is 2.15 bits per heavy atom. The van der Waals surface area contributed by atoms with Gasteiger partial charge in [-0.2, -0.15) is 0 Å². The number of rotatable bonds is 3. The fourth-order valence-corrected chi connectivity index (χ4v) is 2.35. The molecule has 0 atom stereocenters. The minimum absolute atomic E-state index is 0.0781. The van der Waals surface area contributed by atoms with Crippen LogP contribution in [0.4, 0.5) is 4.39 Å². The summed E-state index contributed by atoms with van der Waals surface area (Å²) < 4.78 is 15.7. The molecule has 5 nitrogen and oxygen atoms in total. The molecule has 0 aliphatic carbocycles. The van der Waals surface area contributed by atoms with E-state index in [0.29, 0.717) is 5.56 Å². The van der Waals surface area contributed by atoms with Crippen molar-refractivity contribution in [3.8, 4) is 0 Å². The molecule has 0 unspecified atom stereocenters. The molecule has 1 aliphatic rings. The average Bonchev–Trinajstić information content (AvgIpc) is 2.74. The number of nitrogens with one attached hydrogen (secondary N) is 1. The zero-order valence-electron chi connectivity index (χ0n) is 11.4. The van der Waals surface area contributed by atoms with Gasteiger partial charge in [0.2, 0.25) is 5.78 Å². The maximum atomic E-state index is 14.0. The molecule has 0 saturated carbocycles. The minimum atomic E-state index is -0.507. The Morgan fingerprint density at radius 3 is 2.75 bits per heavy atom. The number of carbonyl (C=O) groups excluding carboxylic acids is 1. The van der Waals surface area contributed by atoms with Gasteiger partial charge in [0, 0.05) is 13.1 Å². The van der Waals surface area contributed by atoms with Crippen LogP contribution in [0, 0.1) is 19.7 Å². The van der Waals surface area contributed by atoms with E-state index in [4.69, 9.17) is 0 Å². The van der Waals surface area contributed by atoms with Crippen molar-refractivity contribution in [2.75, 3.05) is 13.1 Å². The molecule has 104 valence electrons. The van der Waals surface area contributed by atoms with Gasteiger partial charge in [0.1, 0.15) is 5.82 Å². The first-order valence-corrected chi connectivity index (χ1v) is 6.50. The molecule has 3 rings (SSSR count). The Balaban J connectivity index is 1.94. The summed E-state index contributed by atoms with van der Waals surface area (Å²) in [6.07, 6.45) is 1.59. The molecule has 1 aromatic carbocycles. The molecule has 2 heterocycles. The molecule has 1 aromatic heterocycles. The average molecular weight is 274 g/mol. The van der Waals surface area contributed by atoms with E-state index >= 15 is 0 Å². The maximum Gasteiger partial charge on any atom is 0.218 e. The second-order valence-electron chi connectivity index (χ2n) is 5.16. The summed E-state index contributed by atoms with van der Waals surface area (Å²) in [5.74, 6) is -0.925. The van der Waals surface area contributed by atoms with Crippen LogP contribution >= 0.6 is 0 Å². The van der Waals surface area contributed by atoms with Crippen LogP contribution in [-0.4, -0.2) is 33.9 Å². The largest absolute Gasteiger partial charge is 0.312 e. The van der Waals surface area contributed by atoms with Gasteiger partial charge in [-0.05, 0) is 31.0 Å². The Morgan fingerprint density at radius 1 is 1.40 bits per heavy atom. The van der Waals surface area contributed by atoms with Crippen LogP contribution in [0.2, 0.25) is 0 Å². The fourth-order valence-electron chi connectivity index (χ4n) is 2.35. The van der Waals surface area contributed by atoms with E-state index in [9.17, 15) is 9.18 Å². The summed E-state index contributed by atoms with van der Waals surface area (Å²) in [5, 5.41) is 10.9. The van der Waals surface area contributed by atoms with Crippen LogP contribution in [0.25, 0.3) is 0 Å². The quantitative estimate of drug-likeness (QED) is 0.860. The van der Waals surface area contributed by atoms with Crippen LogP contribution in [0.5, 0.6) is 0 Å². The van der Waals surface area contributed by atoms with Gasteiger partial charge < -0.3 is 5.32 Å². The Hall–Kier alpha value is -2.08. The van der Waals surface area contributed by atoms with E-state index in [-0.39, 0.29) is 17.3 Å². The molecular formula is C14H15FN4O. The fraction of sp³-hybridized carbons (Fsp3) is 0.357. The van der Waals surface area contributed by atoms with Crippen molar-refractivity contribution in [2.24, 2.45) is 0 Å². The van der Waals surface area contributed by atoms with Gasteiger partial charge in [0.15, 0.2) is 5.69 Å². The van der Waals surface area contributed by atoms with Gasteiger partial charge in [-0.1, -0.05) is 11.3 Å². The smallest absolute Gasteiger partial charge is 0.218 e. The lowest BCUT2D eigenvalue weighted by Gasteiger charge is -2.26. The molecule has 0 amide bonds. The maximum absolute atomic E-state index is 14.0. The van der Waals surface area contributed by atoms with E-state index < -0.39 is 11.6 Å². The molecule has 1 fully saturated rings. The summed E-state index contributed by atoms with van der Waals surface area (Å²) in [5.41, 5.74) is 1.67. The van der Waals surface area contributed by atoms with Crippen LogP contribution in [-0.2, 0) is 0 Å². The van der Waals surface area contributed by atoms with Gasteiger partial charge in [-0.3, -0.25) is 4.79 Å². The molecule has 2 aromatic rings. The molecule has 20 heavy (non-hydrogen) atoms. The van der Waals surface area contributed by atoms with Gasteiger partial charge in [-0.25, -0.2) is 9.07 Å². The number of aryl methyl sites for hydroxylation is 2. The predicted octanol–water partition coefficient (Wildman–Crippen LogP) is 1.41. The number of halogens is 1. The third-order valence-electron chi connectivity index (χ3n) is 3.54. The highest BCUT2D eigenvalue weighted by Gasteiger charge is 2.24. The monoisotopic (exact) mass is 274 g/mol. The lowest BCUT2D eigenvalue weighted by Crippen LogP contribution is -2.43. The highest BCUT2D eigenvalue weighted by molar-refractivity contribution is 6.08. The number of hydrogen-bond donors (Lipinski definition) is 1. The molecule has 0 bridgehead atoms. The predicted molar refractivity (Wildman–Crippen MR) is 71.2 cm³/mol. The number of hydrogen-bond acceptors (Lipinski definition) is 4. The van der Waals surface area contributed by atoms with Crippen molar-refractivity contribution in [2.45, 2.75) is 19.9 Å². The van der Waals surface area contributed by atoms with Crippen LogP contribution in [0.1, 0.15) is 33.2 Å². The van der Waals surface area contributed by atoms with E-state index in [1.165, 1.54) is 6.07 Å². The molecule has 1 N–H and O–H groups in total. The lowest BCUT2D eigenvalue weighted by molar-refractivity contribution is 0.103. The standard InChI is InChI=1S/C14H15FN4O/c1-8-3-9(2)13(11(15)4-8)14(20)12-7-19(18-17-12)10-5-16-6-10/h3-4,7,10,16H,5-6H2,1-2H3. The van der Waals surface area contributed by atoms with E-state index in [0.717, 1.165) is 18.7 Å². The number of carbonyl (C=O) groups is 1. The second-order valence-corrected chi connectivity index (χ2v) is 5.16.